The number of fused-ring (bicyclic) bond motifs is 1. The van der Waals surface area contributed by atoms with Crippen molar-refractivity contribution < 1.29 is 4.84 Å². The van der Waals surface area contributed by atoms with Crippen molar-refractivity contribution in [3.63, 3.8) is 0 Å². The van der Waals surface area contributed by atoms with Gasteiger partial charge < -0.3 is 4.84 Å². The quantitative estimate of drug-likeness (QED) is 0.538. The summed E-state index contributed by atoms with van der Waals surface area (Å²) >= 11 is 0. The Morgan fingerprint density at radius 2 is 2.40 bits per heavy atom. The molecule has 0 aliphatic heterocycles. The lowest BCUT2D eigenvalue weighted by atomic mass is 10.8. The zero-order valence-electron chi connectivity index (χ0n) is 5.43. The van der Waals surface area contributed by atoms with Crippen LogP contribution in [0.3, 0.4) is 0 Å². The van der Waals surface area contributed by atoms with Gasteiger partial charge in [-0.2, -0.15) is 0 Å². The Labute approximate surface area is 56.8 Å². The molecule has 0 amide bonds. The van der Waals surface area contributed by atoms with Crippen LogP contribution in [0.25, 0.3) is 5.65 Å². The van der Waals surface area contributed by atoms with E-state index in [2.05, 4.69) is 10.1 Å². The number of hydrogen-bond acceptors (Lipinski definition) is 3. The Bertz CT molecular complexity index is 336. The van der Waals surface area contributed by atoms with Gasteiger partial charge in [0.15, 0.2) is 5.65 Å². The highest BCUT2D eigenvalue weighted by Crippen LogP contribution is 1.96. The molecule has 0 bridgehead atoms. The maximum absolute atomic E-state index is 4.87. The second-order valence-electron chi connectivity index (χ2n) is 1.85. The number of hydrogen-bond donors (Lipinski definition) is 0. The minimum atomic E-state index is 0.822. The first kappa shape index (κ1) is 5.28. The molecule has 0 N–H and O–H groups in total. The summed E-state index contributed by atoms with van der Waals surface area (Å²) in [7, 11) is 1.56. The van der Waals surface area contributed by atoms with Crippen molar-refractivity contribution in [2.45, 2.75) is 0 Å². The maximum Gasteiger partial charge on any atom is 0.195 e. The monoisotopic (exact) mass is 138 g/mol. The summed E-state index contributed by atoms with van der Waals surface area (Å²) in [5.74, 6) is 0. The van der Waals surface area contributed by atoms with E-state index in [1.807, 2.05) is 0 Å². The van der Waals surface area contributed by atoms with Gasteiger partial charge in [0, 0.05) is 0 Å². The molecule has 0 aliphatic carbocycles. The van der Waals surface area contributed by atoms with Gasteiger partial charge in [-0.3, -0.25) is 4.40 Å². The third-order valence-electron chi connectivity index (χ3n) is 1.30. The van der Waals surface area contributed by atoms with Gasteiger partial charge in [-0.1, -0.05) is 4.85 Å². The lowest BCUT2D eigenvalue weighted by molar-refractivity contribution is 0.144. The summed E-state index contributed by atoms with van der Waals surface area (Å²) in [5, 5.41) is 3.89. The molecular weight excluding hydrogens is 132 g/mol. The summed E-state index contributed by atoms with van der Waals surface area (Å²) in [6, 6.07) is 0. The molecule has 0 saturated heterocycles. The first-order valence-corrected chi connectivity index (χ1v) is 2.82. The van der Waals surface area contributed by atoms with E-state index in [1.165, 1.54) is 4.85 Å². The molecule has 2 heterocycles. The first-order valence-electron chi connectivity index (χ1n) is 2.82. The van der Waals surface area contributed by atoms with E-state index in [1.54, 1.807) is 30.4 Å². The molecule has 52 valence electrons. The van der Waals surface area contributed by atoms with Gasteiger partial charge >= 0.3 is 0 Å². The van der Waals surface area contributed by atoms with Crippen molar-refractivity contribution in [2.75, 3.05) is 7.11 Å². The largest absolute Gasteiger partial charge is 0.398 e. The van der Waals surface area contributed by atoms with Crippen LogP contribution in [-0.4, -0.2) is 26.4 Å². The molecular formula is C5H6N4O. The lowest BCUT2D eigenvalue weighted by Crippen LogP contribution is -2.06. The SMILES string of the molecule is COn1ncn2cncc12. The van der Waals surface area contributed by atoms with E-state index in [9.17, 15) is 0 Å². The minimum absolute atomic E-state index is 0.822. The average Bonchev–Trinajstić information content (AvgIpc) is 2.44. The number of rotatable bonds is 1. The second-order valence-corrected chi connectivity index (χ2v) is 1.85. The molecule has 2 aromatic heterocycles. The van der Waals surface area contributed by atoms with E-state index in [0.29, 0.717) is 0 Å². The van der Waals surface area contributed by atoms with Gasteiger partial charge in [-0.15, -0.1) is 5.10 Å². The van der Waals surface area contributed by atoms with Crippen molar-refractivity contribution in [3.05, 3.63) is 18.9 Å². The Morgan fingerprint density at radius 1 is 1.50 bits per heavy atom. The molecule has 2 aromatic rings. The third-order valence-corrected chi connectivity index (χ3v) is 1.30. The fourth-order valence-corrected chi connectivity index (χ4v) is 0.837. The molecule has 0 aliphatic rings. The third kappa shape index (κ3) is 0.513. The Kier molecular flexibility index (Phi) is 0.913. The predicted octanol–water partition coefficient (Wildman–Crippen LogP) is -0.411. The lowest BCUT2D eigenvalue weighted by Gasteiger charge is -1.93. The van der Waals surface area contributed by atoms with Gasteiger partial charge in [0.25, 0.3) is 0 Å². The molecule has 0 atom stereocenters. The zero-order chi connectivity index (χ0) is 6.97. The van der Waals surface area contributed by atoms with Gasteiger partial charge in [-0.25, -0.2) is 4.98 Å². The highest BCUT2D eigenvalue weighted by Gasteiger charge is 1.99. The van der Waals surface area contributed by atoms with E-state index in [4.69, 9.17) is 4.84 Å². The summed E-state index contributed by atoms with van der Waals surface area (Å²) in [6.45, 7) is 0. The zero-order valence-corrected chi connectivity index (χ0v) is 5.43. The standard InChI is InChI=1S/C5H6N4O/c1-10-9-5-2-6-3-8(5)4-7-9/h2-4H,1H3. The van der Waals surface area contributed by atoms with E-state index in [0.717, 1.165) is 5.65 Å². The van der Waals surface area contributed by atoms with Crippen LogP contribution in [0.1, 0.15) is 0 Å². The van der Waals surface area contributed by atoms with Crippen molar-refractivity contribution in [3.8, 4) is 0 Å². The normalized spacial score (nSPS) is 10.5. The fraction of sp³-hybridized carbons (Fsp3) is 0.200. The number of nitrogens with zero attached hydrogens (tertiary/aromatic N) is 4. The molecule has 0 saturated carbocycles. The maximum atomic E-state index is 4.87. The summed E-state index contributed by atoms with van der Waals surface area (Å²) < 4.78 is 1.77. The first-order chi connectivity index (χ1) is 4.92. The predicted molar refractivity (Wildman–Crippen MR) is 33.5 cm³/mol. The summed E-state index contributed by atoms with van der Waals surface area (Å²) in [4.78, 5) is 10.2. The smallest absolute Gasteiger partial charge is 0.195 e. The van der Waals surface area contributed by atoms with Crippen LogP contribution >= 0.6 is 0 Å². The van der Waals surface area contributed by atoms with E-state index >= 15 is 0 Å². The van der Waals surface area contributed by atoms with Crippen molar-refractivity contribution >= 4 is 5.65 Å². The van der Waals surface area contributed by atoms with Gasteiger partial charge in [-0.05, 0) is 0 Å². The molecule has 2 rings (SSSR count). The minimum Gasteiger partial charge on any atom is -0.398 e. The van der Waals surface area contributed by atoms with Gasteiger partial charge in [0.05, 0.1) is 6.20 Å². The topological polar surface area (TPSA) is 44.4 Å². The second kappa shape index (κ2) is 1.73. The van der Waals surface area contributed by atoms with Crippen molar-refractivity contribution in [1.29, 1.82) is 0 Å². The van der Waals surface area contributed by atoms with E-state index in [-0.39, 0.29) is 0 Å². The Hall–Kier alpha value is -1.52. The van der Waals surface area contributed by atoms with Crippen LogP contribution < -0.4 is 4.84 Å². The van der Waals surface area contributed by atoms with Crippen LogP contribution in [0.4, 0.5) is 0 Å². The molecule has 0 unspecified atom stereocenters. The Morgan fingerprint density at radius 3 is 3.20 bits per heavy atom. The number of imidazole rings is 1. The van der Waals surface area contributed by atoms with Gasteiger partial charge in [0.2, 0.25) is 0 Å². The molecule has 5 nitrogen and oxygen atoms in total. The number of aromatic nitrogens is 4. The molecule has 0 spiro atoms. The molecule has 0 fully saturated rings. The van der Waals surface area contributed by atoms with Crippen LogP contribution in [0.5, 0.6) is 0 Å². The van der Waals surface area contributed by atoms with E-state index < -0.39 is 0 Å². The molecule has 0 aromatic carbocycles. The highest BCUT2D eigenvalue weighted by atomic mass is 16.7. The summed E-state index contributed by atoms with van der Waals surface area (Å²) in [5.41, 5.74) is 0.822. The molecule has 0 radical (unpaired) electrons. The van der Waals surface area contributed by atoms with Crippen LogP contribution in [0.2, 0.25) is 0 Å². The summed E-state index contributed by atoms with van der Waals surface area (Å²) in [6.07, 6.45) is 4.97. The Balaban J connectivity index is 2.76. The van der Waals surface area contributed by atoms with Crippen LogP contribution in [0.15, 0.2) is 18.9 Å². The van der Waals surface area contributed by atoms with Gasteiger partial charge in [0.1, 0.15) is 19.8 Å². The van der Waals surface area contributed by atoms with Crippen LogP contribution in [0, 0.1) is 0 Å². The highest BCUT2D eigenvalue weighted by molar-refractivity contribution is 5.33. The fourth-order valence-electron chi connectivity index (χ4n) is 0.837. The molecule has 5 heteroatoms. The van der Waals surface area contributed by atoms with Crippen molar-refractivity contribution in [2.24, 2.45) is 0 Å². The van der Waals surface area contributed by atoms with Crippen molar-refractivity contribution in [1.82, 2.24) is 19.3 Å². The molecule has 10 heavy (non-hydrogen) atoms. The average molecular weight is 138 g/mol. The van der Waals surface area contributed by atoms with Crippen LogP contribution in [-0.2, 0) is 0 Å².